The first-order valence-electron chi connectivity index (χ1n) is 10.6. The van der Waals surface area contributed by atoms with E-state index in [0.717, 1.165) is 12.8 Å². The summed E-state index contributed by atoms with van der Waals surface area (Å²) in [5.41, 5.74) is 0. The van der Waals surface area contributed by atoms with Crippen LogP contribution >= 0.6 is 0 Å². The summed E-state index contributed by atoms with van der Waals surface area (Å²) in [5, 5.41) is 8.51. The summed E-state index contributed by atoms with van der Waals surface area (Å²) in [7, 11) is 0. The third kappa shape index (κ3) is 56.4. The van der Waals surface area contributed by atoms with Crippen LogP contribution < -0.4 is 0 Å². The van der Waals surface area contributed by atoms with Crippen molar-refractivity contribution in [2.24, 2.45) is 0 Å². The van der Waals surface area contributed by atoms with Crippen LogP contribution in [0.15, 0.2) is 64.8 Å². The van der Waals surface area contributed by atoms with E-state index in [-0.39, 0.29) is 0 Å². The first kappa shape index (κ1) is 37.0. The minimum atomic E-state index is -0.664. The summed E-state index contributed by atoms with van der Waals surface area (Å²) < 4.78 is 0. The predicted octanol–water partition coefficient (Wildman–Crippen LogP) is 9.32. The largest absolute Gasteiger partial charge is 0.481 e. The molecule has 28 heavy (non-hydrogen) atoms. The molecule has 0 atom stereocenters. The van der Waals surface area contributed by atoms with Crippen molar-refractivity contribution in [1.82, 2.24) is 0 Å². The first-order chi connectivity index (χ1) is 13.8. The summed E-state index contributed by atoms with van der Waals surface area (Å²) >= 11 is 0. The molecule has 166 valence electrons. The Bertz CT molecular complexity index is 276. The second-order valence-corrected chi connectivity index (χ2v) is 5.73. The molecule has 2 nitrogen and oxygen atoms in total. The molecular formula is C26H50O2. The predicted molar refractivity (Wildman–Crippen MR) is 132 cm³/mol. The number of rotatable bonds is 15. The van der Waals surface area contributed by atoms with Crippen molar-refractivity contribution in [3.05, 3.63) is 64.8 Å². The average Bonchev–Trinajstić information content (AvgIpc) is 2.76. The number of carbonyl (C=O) groups is 1. The Morgan fingerprint density at radius 2 is 0.929 bits per heavy atom. The SMILES string of the molecule is C=C.C=C.C=C.C=C.CCCCCCCC/C=C\CCCCCCCC(=O)O. The van der Waals surface area contributed by atoms with E-state index in [9.17, 15) is 4.79 Å². The van der Waals surface area contributed by atoms with E-state index in [1.54, 1.807) is 0 Å². The summed E-state index contributed by atoms with van der Waals surface area (Å²) in [6, 6.07) is 0. The monoisotopic (exact) mass is 394 g/mol. The molecule has 0 unspecified atom stereocenters. The Balaban J connectivity index is -0.000000194. The van der Waals surface area contributed by atoms with Crippen molar-refractivity contribution < 1.29 is 9.90 Å². The number of unbranched alkanes of at least 4 members (excludes halogenated alkanes) is 11. The van der Waals surface area contributed by atoms with E-state index < -0.39 is 5.97 Å². The van der Waals surface area contributed by atoms with Gasteiger partial charge in [-0.25, -0.2) is 0 Å². The van der Waals surface area contributed by atoms with Gasteiger partial charge in [-0.05, 0) is 32.1 Å². The Labute approximate surface area is 177 Å². The highest BCUT2D eigenvalue weighted by molar-refractivity contribution is 5.66. The third-order valence-corrected chi connectivity index (χ3v) is 3.65. The van der Waals surface area contributed by atoms with Crippen LogP contribution in [-0.2, 0) is 4.79 Å². The molecule has 0 aromatic rings. The second-order valence-electron chi connectivity index (χ2n) is 5.73. The highest BCUT2D eigenvalue weighted by atomic mass is 16.4. The lowest BCUT2D eigenvalue weighted by Gasteiger charge is -1.99. The standard InChI is InChI=1S/C18H34O2.4C2H4/c1-2-3-4-5-6-7-8-9-10-11-12-13-14-15-16-17-18(19)20;4*1-2/h9-10H,2-8,11-17H2,1H3,(H,19,20);4*1-2H2/b10-9-;;;;. The van der Waals surface area contributed by atoms with Crippen LogP contribution in [0.25, 0.3) is 0 Å². The van der Waals surface area contributed by atoms with Gasteiger partial charge < -0.3 is 5.11 Å². The smallest absolute Gasteiger partial charge is 0.303 e. The molecule has 0 saturated carbocycles. The van der Waals surface area contributed by atoms with Crippen molar-refractivity contribution in [2.45, 2.75) is 96.8 Å². The maximum Gasteiger partial charge on any atom is 0.303 e. The minimum absolute atomic E-state index is 0.332. The van der Waals surface area contributed by atoms with Gasteiger partial charge in [-0.3, -0.25) is 4.79 Å². The average molecular weight is 395 g/mol. The Morgan fingerprint density at radius 3 is 1.29 bits per heavy atom. The van der Waals surface area contributed by atoms with Crippen molar-refractivity contribution in [1.29, 1.82) is 0 Å². The van der Waals surface area contributed by atoms with Crippen molar-refractivity contribution >= 4 is 5.97 Å². The molecule has 0 spiro atoms. The Hall–Kier alpha value is -1.83. The number of allylic oxidation sites excluding steroid dienone is 2. The molecule has 0 aliphatic heterocycles. The van der Waals surface area contributed by atoms with E-state index in [2.05, 4.69) is 71.7 Å². The van der Waals surface area contributed by atoms with E-state index in [0.29, 0.717) is 6.42 Å². The molecule has 0 aromatic heterocycles. The molecule has 0 saturated heterocycles. The van der Waals surface area contributed by atoms with Gasteiger partial charge in [0.05, 0.1) is 0 Å². The van der Waals surface area contributed by atoms with E-state index in [1.165, 1.54) is 70.6 Å². The molecule has 0 radical (unpaired) electrons. The lowest BCUT2D eigenvalue weighted by Crippen LogP contribution is -1.93. The molecule has 0 aliphatic rings. The van der Waals surface area contributed by atoms with Gasteiger partial charge in [0.1, 0.15) is 0 Å². The van der Waals surface area contributed by atoms with Gasteiger partial charge in [-0.1, -0.05) is 70.4 Å². The number of hydrogen-bond acceptors (Lipinski definition) is 1. The summed E-state index contributed by atoms with van der Waals surface area (Å²) in [6.45, 7) is 26.3. The second kappa shape index (κ2) is 49.9. The third-order valence-electron chi connectivity index (χ3n) is 3.65. The zero-order valence-corrected chi connectivity index (χ0v) is 19.1. The molecule has 0 aromatic carbocycles. The maximum absolute atomic E-state index is 10.3. The quantitative estimate of drug-likeness (QED) is 0.222. The number of aliphatic carboxylic acids is 1. The van der Waals surface area contributed by atoms with Gasteiger partial charge in [0.15, 0.2) is 0 Å². The molecule has 0 heterocycles. The number of carboxylic acid groups (broad SMARTS) is 1. The van der Waals surface area contributed by atoms with Crippen molar-refractivity contribution in [3.8, 4) is 0 Å². The Kier molecular flexibility index (Phi) is 65.9. The molecule has 0 amide bonds. The highest BCUT2D eigenvalue weighted by Gasteiger charge is 1.95. The van der Waals surface area contributed by atoms with Crippen molar-refractivity contribution in [2.75, 3.05) is 0 Å². The van der Waals surface area contributed by atoms with Gasteiger partial charge >= 0.3 is 5.97 Å². The molecule has 0 bridgehead atoms. The number of carboxylic acids is 1. The van der Waals surface area contributed by atoms with E-state index >= 15 is 0 Å². The lowest BCUT2D eigenvalue weighted by molar-refractivity contribution is -0.137. The normalized spacial score (nSPS) is 8.61. The van der Waals surface area contributed by atoms with Gasteiger partial charge in [-0.2, -0.15) is 0 Å². The maximum atomic E-state index is 10.3. The van der Waals surface area contributed by atoms with E-state index in [1.807, 2.05) is 0 Å². The van der Waals surface area contributed by atoms with Gasteiger partial charge in [0, 0.05) is 6.42 Å². The molecule has 0 rings (SSSR count). The fraction of sp³-hybridized carbons (Fsp3) is 0.577. The van der Waals surface area contributed by atoms with E-state index in [4.69, 9.17) is 5.11 Å². The lowest BCUT2D eigenvalue weighted by atomic mass is 10.1. The molecule has 0 fully saturated rings. The molecular weight excluding hydrogens is 344 g/mol. The van der Waals surface area contributed by atoms with Gasteiger partial charge in [0.2, 0.25) is 0 Å². The van der Waals surface area contributed by atoms with Crippen LogP contribution in [0.4, 0.5) is 0 Å². The zero-order chi connectivity index (χ0) is 22.9. The summed E-state index contributed by atoms with van der Waals surface area (Å²) in [6.07, 6.45) is 21.2. The van der Waals surface area contributed by atoms with Gasteiger partial charge in [0.25, 0.3) is 0 Å². The fourth-order valence-electron chi connectivity index (χ4n) is 2.35. The fourth-order valence-corrected chi connectivity index (χ4v) is 2.35. The topological polar surface area (TPSA) is 37.3 Å². The molecule has 0 aliphatic carbocycles. The minimum Gasteiger partial charge on any atom is -0.481 e. The van der Waals surface area contributed by atoms with Crippen LogP contribution in [0, 0.1) is 0 Å². The Morgan fingerprint density at radius 1 is 0.607 bits per heavy atom. The van der Waals surface area contributed by atoms with Gasteiger partial charge in [-0.15, -0.1) is 52.6 Å². The number of hydrogen-bond donors (Lipinski definition) is 1. The van der Waals surface area contributed by atoms with Crippen LogP contribution in [0.1, 0.15) is 96.8 Å². The highest BCUT2D eigenvalue weighted by Crippen LogP contribution is 2.09. The van der Waals surface area contributed by atoms with Crippen LogP contribution in [0.3, 0.4) is 0 Å². The van der Waals surface area contributed by atoms with Crippen molar-refractivity contribution in [3.63, 3.8) is 0 Å². The zero-order valence-electron chi connectivity index (χ0n) is 19.1. The summed E-state index contributed by atoms with van der Waals surface area (Å²) in [4.78, 5) is 10.3. The van der Waals surface area contributed by atoms with Crippen LogP contribution in [0.5, 0.6) is 0 Å². The summed E-state index contributed by atoms with van der Waals surface area (Å²) in [5.74, 6) is -0.664. The molecule has 1 N–H and O–H groups in total. The first-order valence-corrected chi connectivity index (χ1v) is 10.6. The molecule has 2 heteroatoms. The van der Waals surface area contributed by atoms with Crippen LogP contribution in [-0.4, -0.2) is 11.1 Å². The van der Waals surface area contributed by atoms with Crippen LogP contribution in [0.2, 0.25) is 0 Å².